The molecule has 272 valence electrons. The van der Waals surface area contributed by atoms with Crippen LogP contribution in [0, 0.1) is 11.3 Å². The summed E-state index contributed by atoms with van der Waals surface area (Å²) in [6.07, 6.45) is -4.80. The number of ketones is 2. The van der Waals surface area contributed by atoms with Crippen LogP contribution in [0.3, 0.4) is 0 Å². The quantitative estimate of drug-likeness (QED) is 0.212. The number of nitrogens with one attached hydrogen (secondary N) is 3. The minimum Gasteiger partial charge on any atom is -0.373 e. The van der Waals surface area contributed by atoms with Crippen LogP contribution in [0.4, 0.5) is 13.2 Å². The lowest BCUT2D eigenvalue weighted by molar-refractivity contribution is -0.176. The number of rotatable bonds is 13. The van der Waals surface area contributed by atoms with Crippen LogP contribution < -0.4 is 16.0 Å². The molecule has 14 heteroatoms. The Morgan fingerprint density at radius 1 is 0.980 bits per heavy atom. The fraction of sp³-hybridized carbons (Fsp3) is 0.556. The van der Waals surface area contributed by atoms with Crippen LogP contribution in [0.2, 0.25) is 0 Å². The Kier molecular flexibility index (Phi) is 12.1. The molecule has 0 aromatic heterocycles. The zero-order valence-electron chi connectivity index (χ0n) is 28.9. The first kappa shape index (κ1) is 38.5. The van der Waals surface area contributed by atoms with Gasteiger partial charge in [0, 0.05) is 31.0 Å². The summed E-state index contributed by atoms with van der Waals surface area (Å²) in [5.41, 5.74) is -1.08. The molecule has 5 atom stereocenters. The van der Waals surface area contributed by atoms with Crippen LogP contribution in [-0.4, -0.2) is 89.7 Å². The summed E-state index contributed by atoms with van der Waals surface area (Å²) in [6.45, 7) is 8.44. The molecule has 2 fully saturated rings. The molecule has 0 aliphatic carbocycles. The van der Waals surface area contributed by atoms with E-state index in [-0.39, 0.29) is 37.0 Å². The Balaban J connectivity index is 1.67. The number of alkyl halides is 3. The molecule has 2 saturated heterocycles. The molecule has 2 unspecified atom stereocenters. The number of nitrogens with zero attached hydrogens (tertiary/aromatic N) is 1. The predicted octanol–water partition coefficient (Wildman–Crippen LogP) is 3.87. The van der Waals surface area contributed by atoms with E-state index in [1.807, 2.05) is 13.8 Å². The van der Waals surface area contributed by atoms with E-state index in [4.69, 9.17) is 4.74 Å². The van der Waals surface area contributed by atoms with Crippen LogP contribution in [-0.2, 0) is 28.7 Å². The third-order valence-electron chi connectivity index (χ3n) is 9.36. The number of Topliss-reactive ketones (excluding diaryl/α,β-unsaturated/α-hetero) is 2. The molecule has 50 heavy (non-hydrogen) atoms. The van der Waals surface area contributed by atoms with Gasteiger partial charge in [0.2, 0.25) is 29.3 Å². The maximum Gasteiger partial charge on any atom is 0.471 e. The Hall–Kier alpha value is -4.33. The highest BCUT2D eigenvalue weighted by molar-refractivity contribution is 6.47. The Labute approximate surface area is 289 Å². The molecule has 4 amide bonds. The van der Waals surface area contributed by atoms with Gasteiger partial charge in [-0.3, -0.25) is 28.8 Å². The van der Waals surface area contributed by atoms with Gasteiger partial charge in [-0.25, -0.2) is 0 Å². The van der Waals surface area contributed by atoms with Gasteiger partial charge >= 0.3 is 12.1 Å². The molecule has 0 spiro atoms. The topological polar surface area (TPSA) is 151 Å². The SMILES string of the molecule is CCC(CC)O[C@@H]1C[C@@H](C(=O)NC(CC2CCNC2=O)C(=O)C(=O)c2cccc3ccccc23)N(C(=O)[C@@H](NC(=O)C(F)(F)F)C(C)(C)C)C1. The van der Waals surface area contributed by atoms with Gasteiger partial charge in [0.05, 0.1) is 18.2 Å². The van der Waals surface area contributed by atoms with Crippen molar-refractivity contribution in [3.63, 3.8) is 0 Å². The van der Waals surface area contributed by atoms with E-state index in [1.54, 1.807) is 41.7 Å². The number of benzene rings is 2. The molecule has 3 N–H and O–H groups in total. The summed E-state index contributed by atoms with van der Waals surface area (Å²) in [6, 6.07) is 7.45. The van der Waals surface area contributed by atoms with Gasteiger partial charge in [-0.15, -0.1) is 0 Å². The second-order valence-corrected chi connectivity index (χ2v) is 14.0. The maximum atomic E-state index is 14.1. The lowest BCUT2D eigenvalue weighted by Crippen LogP contribution is -2.60. The smallest absolute Gasteiger partial charge is 0.373 e. The summed E-state index contributed by atoms with van der Waals surface area (Å²) in [5, 5.41) is 8.36. The zero-order chi connectivity index (χ0) is 37.0. The van der Waals surface area contributed by atoms with Crippen LogP contribution in [0.15, 0.2) is 42.5 Å². The van der Waals surface area contributed by atoms with Gasteiger partial charge in [0.1, 0.15) is 12.1 Å². The Bertz CT molecular complexity index is 1610. The van der Waals surface area contributed by atoms with E-state index in [9.17, 15) is 41.9 Å². The number of carbonyl (C=O) groups excluding carboxylic acids is 6. The number of hydrogen-bond acceptors (Lipinski definition) is 7. The summed E-state index contributed by atoms with van der Waals surface area (Å²) in [5.74, 6) is -6.92. The van der Waals surface area contributed by atoms with E-state index in [1.165, 1.54) is 26.8 Å². The number of ether oxygens (including phenoxy) is 1. The van der Waals surface area contributed by atoms with Gasteiger partial charge in [0.15, 0.2) is 0 Å². The number of likely N-dealkylation sites (tertiary alicyclic amines) is 1. The molecule has 2 aromatic carbocycles. The van der Waals surface area contributed by atoms with Crippen molar-refractivity contribution in [1.29, 1.82) is 0 Å². The first-order valence-corrected chi connectivity index (χ1v) is 16.9. The number of hydrogen-bond donors (Lipinski definition) is 3. The van der Waals surface area contributed by atoms with Crippen LogP contribution in [0.5, 0.6) is 0 Å². The average molecular weight is 703 g/mol. The van der Waals surface area contributed by atoms with Crippen LogP contribution in [0.1, 0.15) is 77.1 Å². The molecular formula is C36H45F3N4O7. The summed E-state index contributed by atoms with van der Waals surface area (Å²) in [4.78, 5) is 81.5. The summed E-state index contributed by atoms with van der Waals surface area (Å²) >= 11 is 0. The van der Waals surface area contributed by atoms with Gasteiger partial charge < -0.3 is 25.6 Å². The third-order valence-corrected chi connectivity index (χ3v) is 9.36. The molecule has 11 nitrogen and oxygen atoms in total. The molecule has 0 bridgehead atoms. The van der Waals surface area contributed by atoms with Gasteiger partial charge in [-0.1, -0.05) is 77.1 Å². The van der Waals surface area contributed by atoms with Crippen LogP contribution >= 0.6 is 0 Å². The largest absolute Gasteiger partial charge is 0.471 e. The molecule has 2 aliphatic rings. The van der Waals surface area contributed by atoms with Gasteiger partial charge in [-0.05, 0) is 41.9 Å². The lowest BCUT2D eigenvalue weighted by atomic mass is 9.85. The molecule has 4 rings (SSSR count). The van der Waals surface area contributed by atoms with Crippen molar-refractivity contribution in [3.8, 4) is 0 Å². The number of halogens is 3. The fourth-order valence-electron chi connectivity index (χ4n) is 6.54. The molecular weight excluding hydrogens is 657 g/mol. The highest BCUT2D eigenvalue weighted by Crippen LogP contribution is 2.30. The normalized spacial score (nSPS) is 20.8. The molecule has 2 aromatic rings. The molecule has 0 radical (unpaired) electrons. The van der Waals surface area contributed by atoms with Crippen LogP contribution in [0.25, 0.3) is 10.8 Å². The highest BCUT2D eigenvalue weighted by atomic mass is 19.4. The maximum absolute atomic E-state index is 14.1. The van der Waals surface area contributed by atoms with E-state index < -0.39 is 71.0 Å². The monoisotopic (exact) mass is 702 g/mol. The van der Waals surface area contributed by atoms with Gasteiger partial charge in [-0.2, -0.15) is 13.2 Å². The second-order valence-electron chi connectivity index (χ2n) is 14.0. The number of carbonyl (C=O) groups is 6. The average Bonchev–Trinajstić information content (AvgIpc) is 3.69. The minimum absolute atomic E-state index is 0.0553. The zero-order valence-corrected chi connectivity index (χ0v) is 28.9. The second kappa shape index (κ2) is 15.7. The van der Waals surface area contributed by atoms with Gasteiger partial charge in [0.25, 0.3) is 0 Å². The summed E-state index contributed by atoms with van der Waals surface area (Å²) < 4.78 is 46.1. The van der Waals surface area contributed by atoms with E-state index >= 15 is 0 Å². The minimum atomic E-state index is -5.26. The van der Waals surface area contributed by atoms with Crippen molar-refractivity contribution in [1.82, 2.24) is 20.9 Å². The van der Waals surface area contributed by atoms with E-state index in [0.717, 1.165) is 10.3 Å². The van der Waals surface area contributed by atoms with Crippen molar-refractivity contribution in [2.75, 3.05) is 13.1 Å². The van der Waals surface area contributed by atoms with E-state index in [0.29, 0.717) is 31.2 Å². The number of fused-ring (bicyclic) bond motifs is 1. The van der Waals surface area contributed by atoms with Crippen molar-refractivity contribution < 1.29 is 46.7 Å². The molecule has 0 saturated carbocycles. The number of amides is 4. The lowest BCUT2D eigenvalue weighted by Gasteiger charge is -2.35. The molecule has 2 heterocycles. The third kappa shape index (κ3) is 8.87. The van der Waals surface area contributed by atoms with Crippen molar-refractivity contribution in [2.45, 2.75) is 103 Å². The first-order valence-electron chi connectivity index (χ1n) is 16.9. The highest BCUT2D eigenvalue weighted by Gasteiger charge is 2.49. The standard InChI is InChI=1S/C36H45F3N4O7/c1-6-22(7-2)50-23-18-27(43(19-23)33(48)30(35(3,4)5)42-34(49)36(37,38)39)32(47)41-26(17-21-15-16-40-31(21)46)29(45)28(44)25-14-10-12-20-11-8-9-13-24(20)25/h8-14,21-23,26-27,30H,6-7,15-19H2,1-5H3,(H,40,46)(H,41,47)(H,42,49)/t21?,23-,26?,27+,30-/m1/s1. The fourth-order valence-corrected chi connectivity index (χ4v) is 6.54. The molecule has 2 aliphatic heterocycles. The van der Waals surface area contributed by atoms with E-state index in [2.05, 4.69) is 10.6 Å². The predicted molar refractivity (Wildman–Crippen MR) is 178 cm³/mol. The van der Waals surface area contributed by atoms with Crippen molar-refractivity contribution in [2.24, 2.45) is 11.3 Å². The Morgan fingerprint density at radius 3 is 2.24 bits per heavy atom. The van der Waals surface area contributed by atoms with Crippen molar-refractivity contribution >= 4 is 46.0 Å². The summed E-state index contributed by atoms with van der Waals surface area (Å²) in [7, 11) is 0. The Morgan fingerprint density at radius 2 is 1.64 bits per heavy atom. The first-order chi connectivity index (χ1) is 23.5. The van der Waals surface area contributed by atoms with Crippen molar-refractivity contribution in [3.05, 3.63) is 48.0 Å².